The van der Waals surface area contributed by atoms with Crippen LogP contribution in [-0.4, -0.2) is 23.4 Å². The second-order valence-electron chi connectivity index (χ2n) is 5.14. The van der Waals surface area contributed by atoms with Crippen LogP contribution in [0, 0.1) is 11.7 Å². The second kappa shape index (κ2) is 5.51. The number of benzene rings is 1. The van der Waals surface area contributed by atoms with E-state index in [0.29, 0.717) is 5.92 Å². The van der Waals surface area contributed by atoms with Crippen LogP contribution in [0.2, 0.25) is 0 Å². The van der Waals surface area contributed by atoms with Crippen LogP contribution in [0.3, 0.4) is 0 Å². The van der Waals surface area contributed by atoms with E-state index in [1.165, 1.54) is 12.5 Å². The Hall–Kier alpha value is -1.38. The van der Waals surface area contributed by atoms with Crippen LogP contribution in [0.15, 0.2) is 24.3 Å². The van der Waals surface area contributed by atoms with Crippen molar-refractivity contribution in [2.45, 2.75) is 39.2 Å². The molecule has 1 heterocycles. The first-order valence-electron chi connectivity index (χ1n) is 6.69. The van der Waals surface area contributed by atoms with Crippen molar-refractivity contribution in [3.63, 3.8) is 0 Å². The zero-order valence-electron chi connectivity index (χ0n) is 11.0. The van der Waals surface area contributed by atoms with E-state index in [-0.39, 0.29) is 17.5 Å². The molecule has 1 fully saturated rings. The van der Waals surface area contributed by atoms with Gasteiger partial charge in [0.2, 0.25) is 0 Å². The summed E-state index contributed by atoms with van der Waals surface area (Å²) in [6, 6.07) is 6.45. The molecule has 2 unspecified atom stereocenters. The van der Waals surface area contributed by atoms with Gasteiger partial charge in [0.25, 0.3) is 5.91 Å². The van der Waals surface area contributed by atoms with Crippen molar-refractivity contribution in [2.24, 2.45) is 5.92 Å². The maximum atomic E-state index is 13.7. The van der Waals surface area contributed by atoms with E-state index in [9.17, 15) is 9.18 Å². The van der Waals surface area contributed by atoms with Crippen molar-refractivity contribution in [1.82, 2.24) is 4.90 Å². The molecule has 18 heavy (non-hydrogen) atoms. The zero-order valence-corrected chi connectivity index (χ0v) is 11.0. The van der Waals surface area contributed by atoms with Crippen molar-refractivity contribution in [1.29, 1.82) is 0 Å². The number of carbonyl (C=O) groups excluding carboxylic acids is 1. The number of likely N-dealkylation sites (tertiary alicyclic amines) is 1. The fraction of sp³-hybridized carbons (Fsp3) is 0.533. The number of hydrogen-bond donors (Lipinski definition) is 0. The summed E-state index contributed by atoms with van der Waals surface area (Å²) in [5.74, 6) is -0.0380. The maximum absolute atomic E-state index is 13.7. The average Bonchev–Trinajstić information content (AvgIpc) is 2.39. The van der Waals surface area contributed by atoms with E-state index in [2.05, 4.69) is 6.92 Å². The molecule has 3 heteroatoms. The van der Waals surface area contributed by atoms with E-state index in [0.717, 1.165) is 19.4 Å². The summed E-state index contributed by atoms with van der Waals surface area (Å²) in [6.45, 7) is 4.95. The van der Waals surface area contributed by atoms with Crippen LogP contribution >= 0.6 is 0 Å². The molecule has 1 saturated heterocycles. The van der Waals surface area contributed by atoms with Crippen molar-refractivity contribution in [3.05, 3.63) is 35.6 Å². The summed E-state index contributed by atoms with van der Waals surface area (Å²) in [6.07, 6.45) is 3.26. The number of amides is 1. The fourth-order valence-corrected chi connectivity index (χ4v) is 2.59. The van der Waals surface area contributed by atoms with E-state index < -0.39 is 5.82 Å². The number of piperidine rings is 1. The minimum Gasteiger partial charge on any atom is -0.336 e. The predicted octanol–water partition coefficient (Wildman–Crippen LogP) is 3.48. The molecule has 2 rings (SSSR count). The molecule has 0 aromatic heterocycles. The smallest absolute Gasteiger partial charge is 0.257 e. The Balaban J connectivity index is 2.19. The Morgan fingerprint density at radius 3 is 2.78 bits per heavy atom. The van der Waals surface area contributed by atoms with Crippen LogP contribution in [-0.2, 0) is 0 Å². The molecule has 2 atom stereocenters. The van der Waals surface area contributed by atoms with E-state index in [4.69, 9.17) is 0 Å². The van der Waals surface area contributed by atoms with Gasteiger partial charge in [-0.15, -0.1) is 0 Å². The lowest BCUT2D eigenvalue weighted by Crippen LogP contribution is -2.45. The number of hydrogen-bond acceptors (Lipinski definition) is 1. The van der Waals surface area contributed by atoms with Gasteiger partial charge in [-0.05, 0) is 37.8 Å². The predicted molar refractivity (Wildman–Crippen MR) is 69.9 cm³/mol. The van der Waals surface area contributed by atoms with Gasteiger partial charge in [-0.2, -0.15) is 0 Å². The first-order chi connectivity index (χ1) is 8.63. The van der Waals surface area contributed by atoms with E-state index in [1.54, 1.807) is 18.2 Å². The largest absolute Gasteiger partial charge is 0.336 e. The average molecular weight is 249 g/mol. The molecule has 1 aromatic rings. The molecule has 0 bridgehead atoms. The van der Waals surface area contributed by atoms with Gasteiger partial charge in [0, 0.05) is 12.6 Å². The molecule has 0 saturated carbocycles. The molecule has 2 nitrogen and oxygen atoms in total. The van der Waals surface area contributed by atoms with Gasteiger partial charge in [0.15, 0.2) is 0 Å². The summed E-state index contributed by atoms with van der Waals surface area (Å²) in [4.78, 5) is 14.2. The van der Waals surface area contributed by atoms with Crippen molar-refractivity contribution in [3.8, 4) is 0 Å². The highest BCUT2D eigenvalue weighted by Gasteiger charge is 2.29. The number of carbonyl (C=O) groups is 1. The topological polar surface area (TPSA) is 20.3 Å². The fourth-order valence-electron chi connectivity index (χ4n) is 2.59. The van der Waals surface area contributed by atoms with Crippen molar-refractivity contribution in [2.75, 3.05) is 6.54 Å². The molecule has 0 N–H and O–H groups in total. The van der Waals surface area contributed by atoms with Gasteiger partial charge in [0.1, 0.15) is 5.82 Å². The quantitative estimate of drug-likeness (QED) is 0.785. The maximum Gasteiger partial charge on any atom is 0.257 e. The first-order valence-corrected chi connectivity index (χ1v) is 6.69. The lowest BCUT2D eigenvalue weighted by Gasteiger charge is -2.38. The number of rotatable bonds is 2. The summed E-state index contributed by atoms with van der Waals surface area (Å²) < 4.78 is 13.7. The third kappa shape index (κ3) is 2.55. The zero-order chi connectivity index (χ0) is 13.1. The highest BCUT2D eigenvalue weighted by Crippen LogP contribution is 2.26. The van der Waals surface area contributed by atoms with E-state index >= 15 is 0 Å². The SMILES string of the molecule is CCC1CCC(C)N(C(=O)c2ccccc2F)C1. The van der Waals surface area contributed by atoms with Crippen LogP contribution in [0.1, 0.15) is 43.5 Å². The Kier molecular flexibility index (Phi) is 4.00. The van der Waals surface area contributed by atoms with Gasteiger partial charge in [0.05, 0.1) is 5.56 Å². The number of halogens is 1. The number of nitrogens with zero attached hydrogens (tertiary/aromatic N) is 1. The summed E-state index contributed by atoms with van der Waals surface area (Å²) in [5, 5.41) is 0. The summed E-state index contributed by atoms with van der Waals surface area (Å²) >= 11 is 0. The lowest BCUT2D eigenvalue weighted by atomic mass is 9.91. The summed E-state index contributed by atoms with van der Waals surface area (Å²) in [5.41, 5.74) is 0.195. The Morgan fingerprint density at radius 1 is 1.39 bits per heavy atom. The molecule has 0 spiro atoms. The Labute approximate surface area is 108 Å². The monoisotopic (exact) mass is 249 g/mol. The highest BCUT2D eigenvalue weighted by atomic mass is 19.1. The van der Waals surface area contributed by atoms with Crippen molar-refractivity contribution >= 4 is 5.91 Å². The van der Waals surface area contributed by atoms with Crippen molar-refractivity contribution < 1.29 is 9.18 Å². The second-order valence-corrected chi connectivity index (χ2v) is 5.14. The minimum atomic E-state index is -0.423. The minimum absolute atomic E-state index is 0.168. The molecular formula is C15H20FNO. The molecule has 1 aromatic carbocycles. The van der Waals surface area contributed by atoms with Gasteiger partial charge < -0.3 is 4.90 Å². The standard InChI is InChI=1S/C15H20FNO/c1-3-12-9-8-11(2)17(10-12)15(18)13-6-4-5-7-14(13)16/h4-7,11-12H,3,8-10H2,1-2H3. The first kappa shape index (κ1) is 13.1. The molecule has 1 aliphatic heterocycles. The van der Waals surface area contributed by atoms with Crippen LogP contribution in [0.25, 0.3) is 0 Å². The van der Waals surface area contributed by atoms with Gasteiger partial charge in [-0.25, -0.2) is 4.39 Å². The van der Waals surface area contributed by atoms with Gasteiger partial charge in [-0.3, -0.25) is 4.79 Å². The third-order valence-corrected chi connectivity index (χ3v) is 3.92. The molecule has 1 amide bonds. The molecule has 0 radical (unpaired) electrons. The molecule has 0 aliphatic carbocycles. The van der Waals surface area contributed by atoms with Crippen LogP contribution in [0.5, 0.6) is 0 Å². The lowest BCUT2D eigenvalue weighted by molar-refractivity contribution is 0.0552. The van der Waals surface area contributed by atoms with Gasteiger partial charge >= 0.3 is 0 Å². The molecule has 98 valence electrons. The molecular weight excluding hydrogens is 229 g/mol. The molecule has 1 aliphatic rings. The van der Waals surface area contributed by atoms with E-state index in [1.807, 2.05) is 11.8 Å². The Bertz CT molecular complexity index is 432. The third-order valence-electron chi connectivity index (χ3n) is 3.92. The van der Waals surface area contributed by atoms with Crippen LogP contribution in [0.4, 0.5) is 4.39 Å². The summed E-state index contributed by atoms with van der Waals surface area (Å²) in [7, 11) is 0. The van der Waals surface area contributed by atoms with Gasteiger partial charge in [-0.1, -0.05) is 25.5 Å². The normalized spacial score (nSPS) is 24.1. The van der Waals surface area contributed by atoms with Crippen LogP contribution < -0.4 is 0 Å². The Morgan fingerprint density at radius 2 is 2.11 bits per heavy atom. The highest BCUT2D eigenvalue weighted by molar-refractivity contribution is 5.94.